The van der Waals surface area contributed by atoms with Gasteiger partial charge in [0.1, 0.15) is 26.4 Å². The van der Waals surface area contributed by atoms with Crippen LogP contribution in [-0.4, -0.2) is 72.5 Å². The van der Waals surface area contributed by atoms with Gasteiger partial charge in [0, 0.05) is 0 Å². The van der Waals surface area contributed by atoms with E-state index in [1.165, 1.54) is 0 Å². The molecule has 0 bridgehead atoms. The van der Waals surface area contributed by atoms with E-state index in [1.54, 1.807) is 27.7 Å². The van der Waals surface area contributed by atoms with Crippen LogP contribution in [-0.2, 0) is 47.7 Å². The summed E-state index contributed by atoms with van der Waals surface area (Å²) < 4.78 is 19.8. The molecule has 0 aromatic carbocycles. The van der Waals surface area contributed by atoms with Gasteiger partial charge < -0.3 is 29.2 Å². The number of aliphatic carboxylic acids is 2. The largest absolute Gasteiger partial charge is 0.481 e. The van der Waals surface area contributed by atoms with E-state index in [-0.39, 0.29) is 51.2 Å². The maximum Gasteiger partial charge on any atom is 0.311 e. The topological polar surface area (TPSA) is 180 Å². The second kappa shape index (κ2) is 18.2. The first kappa shape index (κ1) is 36.8. The Hall–Kier alpha value is -3.18. The zero-order chi connectivity index (χ0) is 30.9. The minimum atomic E-state index is -1.05. The van der Waals surface area contributed by atoms with Gasteiger partial charge in [-0.1, -0.05) is 26.7 Å². The summed E-state index contributed by atoms with van der Waals surface area (Å²) in [6.45, 7) is 10.8. The van der Waals surface area contributed by atoms with Crippen molar-refractivity contribution in [1.29, 1.82) is 0 Å². The number of carboxylic acid groups (broad SMARTS) is 2. The van der Waals surface area contributed by atoms with E-state index < -0.39 is 46.5 Å². The van der Waals surface area contributed by atoms with E-state index in [2.05, 4.69) is 0 Å². The number of esters is 4. The van der Waals surface area contributed by atoms with Crippen molar-refractivity contribution in [3.8, 4) is 0 Å². The second-order valence-corrected chi connectivity index (χ2v) is 10.9. The maximum absolute atomic E-state index is 12.0. The van der Waals surface area contributed by atoms with Gasteiger partial charge in [-0.25, -0.2) is 0 Å². The van der Waals surface area contributed by atoms with E-state index in [9.17, 15) is 28.8 Å². The first-order valence-corrected chi connectivity index (χ1v) is 13.7. The van der Waals surface area contributed by atoms with Crippen LogP contribution in [0.15, 0.2) is 0 Å². The normalized spacial score (nSPS) is 16.9. The highest BCUT2D eigenvalue weighted by atomic mass is 16.6. The summed E-state index contributed by atoms with van der Waals surface area (Å²) in [6.07, 6.45) is 3.59. The third-order valence-corrected chi connectivity index (χ3v) is 6.94. The molecule has 12 nitrogen and oxygen atoms in total. The van der Waals surface area contributed by atoms with Crippen LogP contribution in [0.2, 0.25) is 0 Å². The molecular weight excluding hydrogens is 528 g/mol. The van der Waals surface area contributed by atoms with Crippen molar-refractivity contribution >= 4 is 35.8 Å². The molecule has 0 saturated heterocycles. The van der Waals surface area contributed by atoms with Gasteiger partial charge in [-0.3, -0.25) is 28.8 Å². The number of carbonyl (C=O) groups excluding carboxylic acids is 4. The Morgan fingerprint density at radius 2 is 1.07 bits per heavy atom. The van der Waals surface area contributed by atoms with Crippen molar-refractivity contribution in [3.05, 3.63) is 0 Å². The molecule has 1 rings (SSSR count). The van der Waals surface area contributed by atoms with Crippen molar-refractivity contribution in [3.63, 3.8) is 0 Å². The zero-order valence-electron chi connectivity index (χ0n) is 24.6. The summed E-state index contributed by atoms with van der Waals surface area (Å²) in [4.78, 5) is 67.6. The highest BCUT2D eigenvalue weighted by Crippen LogP contribution is 2.31. The SMILES string of the molecule is CCC(C)(C)C(=O)OCCOC(=O)C1CCCCC1C(=O)O.CCC(C)(C)C(=O)OCCOC(=O)CCC(=O)O. The Labute approximate surface area is 236 Å². The predicted octanol–water partition coefficient (Wildman–Crippen LogP) is 3.77. The average Bonchev–Trinajstić information content (AvgIpc) is 2.91. The molecule has 0 amide bonds. The molecule has 1 aliphatic rings. The van der Waals surface area contributed by atoms with Crippen molar-refractivity contribution in [1.82, 2.24) is 0 Å². The van der Waals surface area contributed by atoms with E-state index in [0.717, 1.165) is 12.8 Å². The zero-order valence-corrected chi connectivity index (χ0v) is 24.6. The molecule has 0 aromatic rings. The molecule has 1 saturated carbocycles. The third kappa shape index (κ3) is 14.3. The van der Waals surface area contributed by atoms with E-state index in [0.29, 0.717) is 25.7 Å². The van der Waals surface area contributed by atoms with Gasteiger partial charge in [0.25, 0.3) is 0 Å². The van der Waals surface area contributed by atoms with Gasteiger partial charge in [-0.15, -0.1) is 0 Å². The van der Waals surface area contributed by atoms with Crippen LogP contribution in [0, 0.1) is 22.7 Å². The van der Waals surface area contributed by atoms with Crippen LogP contribution >= 0.6 is 0 Å². The Morgan fingerprint density at radius 1 is 0.650 bits per heavy atom. The molecule has 0 radical (unpaired) electrons. The minimum absolute atomic E-state index is 0.00153. The van der Waals surface area contributed by atoms with Gasteiger partial charge >= 0.3 is 35.8 Å². The van der Waals surface area contributed by atoms with Crippen LogP contribution < -0.4 is 0 Å². The van der Waals surface area contributed by atoms with Gasteiger partial charge in [-0.05, 0) is 53.4 Å². The molecule has 12 heteroatoms. The monoisotopic (exact) mass is 574 g/mol. The fraction of sp³-hybridized carbons (Fsp3) is 0.786. The van der Waals surface area contributed by atoms with Crippen LogP contribution in [0.1, 0.15) is 92.9 Å². The van der Waals surface area contributed by atoms with Crippen LogP contribution in [0.4, 0.5) is 0 Å². The van der Waals surface area contributed by atoms with E-state index in [4.69, 9.17) is 29.2 Å². The molecule has 2 atom stereocenters. The summed E-state index contributed by atoms with van der Waals surface area (Å²) in [6, 6.07) is 0. The number of hydrogen-bond acceptors (Lipinski definition) is 10. The Bertz CT molecular complexity index is 861. The Balaban J connectivity index is 0.000000778. The fourth-order valence-corrected chi connectivity index (χ4v) is 3.34. The Kier molecular flexibility index (Phi) is 16.8. The van der Waals surface area contributed by atoms with Gasteiger partial charge in [0.15, 0.2) is 0 Å². The van der Waals surface area contributed by atoms with Crippen LogP contribution in [0.5, 0.6) is 0 Å². The van der Waals surface area contributed by atoms with Crippen molar-refractivity contribution in [2.75, 3.05) is 26.4 Å². The molecule has 40 heavy (non-hydrogen) atoms. The fourth-order valence-electron chi connectivity index (χ4n) is 3.34. The highest BCUT2D eigenvalue weighted by Gasteiger charge is 2.37. The molecule has 2 unspecified atom stereocenters. The third-order valence-electron chi connectivity index (χ3n) is 6.94. The van der Waals surface area contributed by atoms with E-state index in [1.807, 2.05) is 13.8 Å². The summed E-state index contributed by atoms with van der Waals surface area (Å²) in [5.41, 5.74) is -1.10. The second-order valence-electron chi connectivity index (χ2n) is 10.9. The molecular formula is C28H46O12. The number of carbonyl (C=O) groups is 6. The predicted molar refractivity (Wildman–Crippen MR) is 142 cm³/mol. The lowest BCUT2D eigenvalue weighted by Crippen LogP contribution is -2.34. The molecule has 0 aromatic heterocycles. The molecule has 230 valence electrons. The summed E-state index contributed by atoms with van der Waals surface area (Å²) >= 11 is 0. The van der Waals surface area contributed by atoms with Crippen LogP contribution in [0.25, 0.3) is 0 Å². The van der Waals surface area contributed by atoms with Gasteiger partial charge in [-0.2, -0.15) is 0 Å². The quantitative estimate of drug-likeness (QED) is 0.164. The van der Waals surface area contributed by atoms with Crippen molar-refractivity contribution < 1.29 is 57.9 Å². The number of carboxylic acids is 2. The number of hydrogen-bond donors (Lipinski definition) is 2. The lowest BCUT2D eigenvalue weighted by molar-refractivity contribution is -0.164. The summed E-state index contributed by atoms with van der Waals surface area (Å²) in [7, 11) is 0. The highest BCUT2D eigenvalue weighted by molar-refractivity contribution is 5.81. The molecule has 1 fully saturated rings. The summed E-state index contributed by atoms with van der Waals surface area (Å²) in [5, 5.41) is 17.5. The standard InChI is InChI=1S/C16H26O6.C12H20O6/c1-4-16(2,3)15(20)22-10-9-21-14(19)12-8-6-5-7-11(12)13(17)18;1-4-12(2,3)11(16)18-8-7-17-10(15)6-5-9(13)14/h11-12H,4-10H2,1-3H3,(H,17,18);4-8H2,1-3H3,(H,13,14). The first-order valence-electron chi connectivity index (χ1n) is 13.7. The molecule has 2 N–H and O–H groups in total. The van der Waals surface area contributed by atoms with E-state index >= 15 is 0 Å². The van der Waals surface area contributed by atoms with Gasteiger partial charge in [0.2, 0.25) is 0 Å². The maximum atomic E-state index is 12.0. The lowest BCUT2D eigenvalue weighted by Gasteiger charge is -2.26. The molecule has 0 aliphatic heterocycles. The van der Waals surface area contributed by atoms with Crippen molar-refractivity contribution in [2.24, 2.45) is 22.7 Å². The van der Waals surface area contributed by atoms with Crippen molar-refractivity contribution in [2.45, 2.75) is 92.9 Å². The minimum Gasteiger partial charge on any atom is -0.481 e. The number of rotatable bonds is 15. The first-order chi connectivity index (χ1) is 18.6. The molecule has 0 heterocycles. The average molecular weight is 575 g/mol. The smallest absolute Gasteiger partial charge is 0.311 e. The molecule has 0 spiro atoms. The molecule has 1 aliphatic carbocycles. The van der Waals surface area contributed by atoms with Crippen LogP contribution in [0.3, 0.4) is 0 Å². The lowest BCUT2D eigenvalue weighted by atomic mass is 9.79. The van der Waals surface area contributed by atoms with Gasteiger partial charge in [0.05, 0.1) is 35.5 Å². The number of ether oxygens (including phenoxy) is 4. The Morgan fingerprint density at radius 3 is 1.50 bits per heavy atom. The summed E-state index contributed by atoms with van der Waals surface area (Å²) in [5.74, 6) is -5.03.